The number of ether oxygens (including phenoxy) is 1. The Kier molecular flexibility index (Phi) is 5.97. The molecule has 190 valence electrons. The van der Waals surface area contributed by atoms with Crippen LogP contribution in [0.15, 0.2) is 130 Å². The van der Waals surface area contributed by atoms with Crippen molar-refractivity contribution in [3.05, 3.63) is 126 Å². The van der Waals surface area contributed by atoms with Gasteiger partial charge in [0.25, 0.3) is 0 Å². The average Bonchev–Trinajstić information content (AvgIpc) is 3.42. The fraction of sp³-hybridized carbons (Fsp3) is 0.156. The first-order chi connectivity index (χ1) is 18.5. The Balaban J connectivity index is 1.76. The minimum absolute atomic E-state index is 0.240. The molecule has 0 aliphatic carbocycles. The zero-order valence-corrected chi connectivity index (χ0v) is 23.0. The molecule has 0 saturated carbocycles. The predicted molar refractivity (Wildman–Crippen MR) is 160 cm³/mol. The normalized spacial score (nSPS) is 21.5. The standard InChI is InChI=1S/C32H31N4OP/c1-32(2)26-19-11-13-21-28(26)35(3)31(32)30-23-33-36(24-15-7-5-8-16-24)38(30,25-17-9-6-10-18-25)34-27-20-12-14-22-29(27)37-4/h5-23H,1-4H3/b31-30+. The molecule has 1 unspecified atom stereocenters. The number of benzene rings is 4. The van der Waals surface area contributed by atoms with Gasteiger partial charge in [-0.25, -0.2) is 9.52 Å². The third-order valence-corrected chi connectivity index (χ3v) is 10.9. The van der Waals surface area contributed by atoms with Crippen LogP contribution in [-0.2, 0) is 5.41 Å². The summed E-state index contributed by atoms with van der Waals surface area (Å²) in [5.74, 6) is 0.745. The van der Waals surface area contributed by atoms with Crippen molar-refractivity contribution in [2.24, 2.45) is 9.85 Å². The Labute approximate surface area is 224 Å². The third-order valence-electron chi connectivity index (χ3n) is 7.45. The lowest BCUT2D eigenvalue weighted by atomic mass is 9.84. The largest absolute Gasteiger partial charge is 0.494 e. The van der Waals surface area contributed by atoms with Crippen molar-refractivity contribution in [1.82, 2.24) is 0 Å². The van der Waals surface area contributed by atoms with E-state index in [-0.39, 0.29) is 5.41 Å². The van der Waals surface area contributed by atoms with Gasteiger partial charge in [0.1, 0.15) is 18.6 Å². The molecule has 0 N–H and O–H groups in total. The molecule has 6 rings (SSSR count). The Bertz CT molecular complexity index is 1610. The first-order valence-corrected chi connectivity index (χ1v) is 14.5. The Morgan fingerprint density at radius 3 is 2.13 bits per heavy atom. The molecule has 0 spiro atoms. The summed E-state index contributed by atoms with van der Waals surface area (Å²) in [4.78, 5) is 2.33. The maximum Gasteiger partial charge on any atom is 0.144 e. The van der Waals surface area contributed by atoms with Gasteiger partial charge in [0.15, 0.2) is 0 Å². The predicted octanol–water partition coefficient (Wildman–Crippen LogP) is 7.91. The summed E-state index contributed by atoms with van der Waals surface area (Å²) >= 11 is 0. The van der Waals surface area contributed by atoms with Crippen LogP contribution in [0.25, 0.3) is 0 Å². The monoisotopic (exact) mass is 518 g/mol. The molecule has 0 amide bonds. The van der Waals surface area contributed by atoms with Crippen LogP contribution in [0.4, 0.5) is 17.1 Å². The summed E-state index contributed by atoms with van der Waals surface area (Å²) in [6, 6.07) is 37.7. The van der Waals surface area contributed by atoms with Crippen LogP contribution in [0.1, 0.15) is 19.4 Å². The molecule has 0 fully saturated rings. The van der Waals surface area contributed by atoms with Crippen molar-refractivity contribution in [3.8, 4) is 5.75 Å². The van der Waals surface area contributed by atoms with E-state index >= 15 is 0 Å². The lowest BCUT2D eigenvalue weighted by molar-refractivity contribution is 0.416. The summed E-state index contributed by atoms with van der Waals surface area (Å²) < 4.78 is 13.6. The maximum atomic E-state index is 5.79. The Morgan fingerprint density at radius 2 is 1.42 bits per heavy atom. The van der Waals surface area contributed by atoms with E-state index in [1.807, 2.05) is 36.5 Å². The number of rotatable bonds is 4. The van der Waals surface area contributed by atoms with Crippen molar-refractivity contribution >= 4 is 35.8 Å². The molecule has 2 aliphatic rings. The molecular formula is C32H31N4OP. The number of fused-ring (bicyclic) bond motifs is 1. The molecule has 0 bridgehead atoms. The fourth-order valence-electron chi connectivity index (χ4n) is 5.73. The molecule has 0 aromatic heterocycles. The highest BCUT2D eigenvalue weighted by Gasteiger charge is 2.47. The number of hydrazone groups is 1. The topological polar surface area (TPSA) is 40.4 Å². The van der Waals surface area contributed by atoms with Crippen molar-refractivity contribution in [3.63, 3.8) is 0 Å². The van der Waals surface area contributed by atoms with Crippen LogP contribution in [0, 0.1) is 0 Å². The second-order valence-corrected chi connectivity index (χ2v) is 12.8. The van der Waals surface area contributed by atoms with Gasteiger partial charge in [-0.2, -0.15) is 5.10 Å². The van der Waals surface area contributed by atoms with Gasteiger partial charge >= 0.3 is 0 Å². The summed E-state index contributed by atoms with van der Waals surface area (Å²) in [6.45, 7) is 4.61. The molecule has 2 heterocycles. The molecule has 0 saturated heterocycles. The number of para-hydroxylation sites is 3. The van der Waals surface area contributed by atoms with Crippen LogP contribution in [-0.4, -0.2) is 20.4 Å². The van der Waals surface area contributed by atoms with E-state index in [0.717, 1.165) is 27.7 Å². The quantitative estimate of drug-likeness (QED) is 0.258. The Morgan fingerprint density at radius 1 is 0.789 bits per heavy atom. The van der Waals surface area contributed by atoms with E-state index in [1.54, 1.807) is 7.11 Å². The highest BCUT2D eigenvalue weighted by Crippen LogP contribution is 2.68. The molecule has 1 atom stereocenters. The lowest BCUT2D eigenvalue weighted by Gasteiger charge is -2.35. The van der Waals surface area contributed by atoms with Gasteiger partial charge in [0.2, 0.25) is 0 Å². The molecule has 38 heavy (non-hydrogen) atoms. The van der Waals surface area contributed by atoms with Gasteiger partial charge < -0.3 is 9.64 Å². The van der Waals surface area contributed by atoms with E-state index in [0.29, 0.717) is 0 Å². The van der Waals surface area contributed by atoms with E-state index in [1.165, 1.54) is 16.9 Å². The van der Waals surface area contributed by atoms with Crippen molar-refractivity contribution < 1.29 is 4.74 Å². The van der Waals surface area contributed by atoms with Gasteiger partial charge in [-0.15, -0.1) is 0 Å². The molecule has 5 nitrogen and oxygen atoms in total. The van der Waals surface area contributed by atoms with Crippen LogP contribution < -0.4 is 19.7 Å². The van der Waals surface area contributed by atoms with Gasteiger partial charge in [-0.05, 0) is 35.9 Å². The fourth-order valence-corrected chi connectivity index (χ4v) is 9.41. The molecule has 4 aromatic carbocycles. The van der Waals surface area contributed by atoms with Gasteiger partial charge in [0.05, 0.1) is 24.3 Å². The molecule has 4 aromatic rings. The van der Waals surface area contributed by atoms with E-state index in [9.17, 15) is 0 Å². The first-order valence-electron chi connectivity index (χ1n) is 12.8. The van der Waals surface area contributed by atoms with Gasteiger partial charge in [0, 0.05) is 29.2 Å². The van der Waals surface area contributed by atoms with Crippen LogP contribution in [0.5, 0.6) is 5.75 Å². The lowest BCUT2D eigenvalue weighted by Crippen LogP contribution is -2.27. The summed E-state index contributed by atoms with van der Waals surface area (Å²) in [6.07, 6.45) is 2.05. The highest BCUT2D eigenvalue weighted by molar-refractivity contribution is 7.80. The minimum Gasteiger partial charge on any atom is -0.494 e. The molecular weight excluding hydrogens is 487 g/mol. The molecule has 6 heteroatoms. The number of likely N-dealkylation sites (N-methyl/N-ethyl adjacent to an activating group) is 1. The van der Waals surface area contributed by atoms with Crippen LogP contribution in [0.3, 0.4) is 0 Å². The molecule has 2 aliphatic heterocycles. The van der Waals surface area contributed by atoms with Crippen LogP contribution >= 0.6 is 7.21 Å². The van der Waals surface area contributed by atoms with Gasteiger partial charge in [-0.3, -0.25) is 0 Å². The number of nitrogens with zero attached hydrogens (tertiary/aromatic N) is 4. The highest BCUT2D eigenvalue weighted by atomic mass is 31.2. The molecule has 0 radical (unpaired) electrons. The van der Waals surface area contributed by atoms with Crippen LogP contribution in [0.2, 0.25) is 0 Å². The second kappa shape index (κ2) is 9.34. The summed E-state index contributed by atoms with van der Waals surface area (Å²) in [5.41, 5.74) is 5.32. The summed E-state index contributed by atoms with van der Waals surface area (Å²) in [5, 5.41) is 7.39. The number of hydrogen-bond donors (Lipinski definition) is 0. The van der Waals surface area contributed by atoms with E-state index in [2.05, 4.69) is 109 Å². The second-order valence-electron chi connectivity index (χ2n) is 10.0. The number of allylic oxidation sites excluding steroid dienone is 2. The van der Waals surface area contributed by atoms with E-state index in [4.69, 9.17) is 14.6 Å². The number of hydrogen-bond acceptors (Lipinski definition) is 4. The third kappa shape index (κ3) is 3.61. The minimum atomic E-state index is -2.70. The van der Waals surface area contributed by atoms with Crippen molar-refractivity contribution in [2.45, 2.75) is 19.3 Å². The number of methoxy groups -OCH3 is 1. The zero-order valence-electron chi connectivity index (χ0n) is 22.1. The first kappa shape index (κ1) is 24.3. The Hall–Kier alpha value is -4.08. The van der Waals surface area contributed by atoms with E-state index < -0.39 is 7.21 Å². The average molecular weight is 519 g/mol. The number of anilines is 2. The smallest absolute Gasteiger partial charge is 0.144 e. The zero-order chi connectivity index (χ0) is 26.3. The summed E-state index contributed by atoms with van der Waals surface area (Å²) in [7, 11) is 1.16. The van der Waals surface area contributed by atoms with Crippen molar-refractivity contribution in [1.29, 1.82) is 0 Å². The SMILES string of the molecule is COc1ccccc1N=P1(c2ccccc2)/C(=C2/N(C)c3ccccc3C2(C)C)C=NN1c1ccccc1. The van der Waals surface area contributed by atoms with Gasteiger partial charge in [-0.1, -0.05) is 92.7 Å². The van der Waals surface area contributed by atoms with Crippen molar-refractivity contribution in [2.75, 3.05) is 23.8 Å². The maximum absolute atomic E-state index is 5.79.